The fourth-order valence-electron chi connectivity index (χ4n) is 3.09. The first kappa shape index (κ1) is 20.6. The van der Waals surface area contributed by atoms with Gasteiger partial charge in [0.2, 0.25) is 0 Å². The molecular weight excluding hydrogens is 519 g/mol. The van der Waals surface area contributed by atoms with Crippen LogP contribution in [0.2, 0.25) is 0 Å². The van der Waals surface area contributed by atoms with Crippen molar-refractivity contribution in [1.82, 2.24) is 13.9 Å². The summed E-state index contributed by atoms with van der Waals surface area (Å²) in [5.74, 6) is 1.03. The molecule has 8 nitrogen and oxygen atoms in total. The third-order valence-electron chi connectivity index (χ3n) is 4.52. The third kappa shape index (κ3) is 3.61. The molecule has 2 N–H and O–H groups in total. The van der Waals surface area contributed by atoms with Gasteiger partial charge >= 0.3 is 0 Å². The topological polar surface area (TPSA) is 106 Å². The van der Waals surface area contributed by atoms with E-state index in [1.807, 2.05) is 0 Å². The number of methoxy groups -OCH3 is 1. The molecule has 0 fully saturated rings. The molecule has 2 aromatic carbocycles. The number of aliphatic hydroxyl groups is 1. The first-order valence-corrected chi connectivity index (χ1v) is 11.3. The molecule has 0 atom stereocenters. The number of hydrogen-bond donors (Lipinski definition) is 2. The van der Waals surface area contributed by atoms with Gasteiger partial charge in [-0.3, -0.25) is 0 Å². The smallest absolute Gasteiger partial charge is 0.269 e. The summed E-state index contributed by atoms with van der Waals surface area (Å²) in [6, 6.07) is 13.5. The highest BCUT2D eigenvalue weighted by molar-refractivity contribution is 14.1. The Hall–Kier alpha value is -2.70. The number of aliphatic hydroxyl groups excluding tert-OH is 1. The fraction of sp³-hybridized carbons (Fsp3) is 0.100. The number of anilines is 2. The van der Waals surface area contributed by atoms with E-state index in [1.165, 1.54) is 23.6 Å². The highest BCUT2D eigenvalue weighted by Gasteiger charge is 2.23. The van der Waals surface area contributed by atoms with E-state index in [0.717, 1.165) is 0 Å². The second-order valence-corrected chi connectivity index (χ2v) is 9.30. The van der Waals surface area contributed by atoms with Crippen molar-refractivity contribution >= 4 is 55.2 Å². The normalized spacial score (nSPS) is 11.6. The quantitative estimate of drug-likeness (QED) is 0.364. The lowest BCUT2D eigenvalue weighted by Crippen LogP contribution is -2.12. The van der Waals surface area contributed by atoms with E-state index >= 15 is 0 Å². The number of ether oxygens (including phenoxy) is 1. The van der Waals surface area contributed by atoms with Crippen LogP contribution in [-0.4, -0.2) is 34.6 Å². The van der Waals surface area contributed by atoms with Gasteiger partial charge in [-0.1, -0.05) is 18.2 Å². The van der Waals surface area contributed by atoms with Crippen LogP contribution in [-0.2, 0) is 16.6 Å². The Morgan fingerprint density at radius 2 is 1.93 bits per heavy atom. The predicted octanol–water partition coefficient (Wildman–Crippen LogP) is 3.52. The molecule has 10 heteroatoms. The van der Waals surface area contributed by atoms with Gasteiger partial charge in [0, 0.05) is 21.0 Å². The van der Waals surface area contributed by atoms with E-state index in [1.54, 1.807) is 48.5 Å². The van der Waals surface area contributed by atoms with E-state index < -0.39 is 10.0 Å². The van der Waals surface area contributed by atoms with E-state index in [9.17, 15) is 13.5 Å². The van der Waals surface area contributed by atoms with Crippen LogP contribution in [0.3, 0.4) is 0 Å². The van der Waals surface area contributed by atoms with Gasteiger partial charge in [-0.25, -0.2) is 22.4 Å². The van der Waals surface area contributed by atoms with Gasteiger partial charge in [-0.15, -0.1) is 0 Å². The first-order valence-electron chi connectivity index (χ1n) is 8.82. The van der Waals surface area contributed by atoms with Gasteiger partial charge in [-0.2, -0.15) is 0 Å². The number of rotatable bonds is 6. The summed E-state index contributed by atoms with van der Waals surface area (Å²) in [4.78, 5) is 8.70. The van der Waals surface area contributed by atoms with Crippen LogP contribution in [0, 0.1) is 3.57 Å². The van der Waals surface area contributed by atoms with Crippen molar-refractivity contribution in [2.45, 2.75) is 11.5 Å². The van der Waals surface area contributed by atoms with Crippen molar-refractivity contribution in [2.24, 2.45) is 0 Å². The molecule has 0 aliphatic rings. The Labute approximate surface area is 186 Å². The number of benzene rings is 2. The number of fused-ring (bicyclic) bond motifs is 1. The molecule has 0 aliphatic heterocycles. The summed E-state index contributed by atoms with van der Waals surface area (Å²) in [5, 5.41) is 13.3. The fourth-order valence-corrected chi connectivity index (χ4v) is 5.40. The monoisotopic (exact) mass is 536 g/mol. The Morgan fingerprint density at radius 3 is 2.63 bits per heavy atom. The average molecular weight is 536 g/mol. The summed E-state index contributed by atoms with van der Waals surface area (Å²) in [5.41, 5.74) is 1.57. The molecule has 0 saturated carbocycles. The van der Waals surface area contributed by atoms with E-state index in [-0.39, 0.29) is 17.1 Å². The van der Waals surface area contributed by atoms with Crippen LogP contribution < -0.4 is 10.1 Å². The van der Waals surface area contributed by atoms with Crippen LogP contribution >= 0.6 is 22.6 Å². The minimum absolute atomic E-state index is 0.175. The molecule has 4 aromatic rings. The van der Waals surface area contributed by atoms with Gasteiger partial charge in [0.05, 0.1) is 24.0 Å². The van der Waals surface area contributed by atoms with Crippen LogP contribution in [0.25, 0.3) is 11.0 Å². The molecule has 0 radical (unpaired) electrons. The molecule has 30 heavy (non-hydrogen) atoms. The largest absolute Gasteiger partial charge is 0.496 e. The summed E-state index contributed by atoms with van der Waals surface area (Å²) < 4.78 is 33.3. The molecule has 4 rings (SSSR count). The van der Waals surface area contributed by atoms with Gasteiger partial charge in [0.25, 0.3) is 10.0 Å². The second kappa shape index (κ2) is 8.20. The van der Waals surface area contributed by atoms with E-state index in [4.69, 9.17) is 4.74 Å². The lowest BCUT2D eigenvalue weighted by atomic mass is 10.2. The molecule has 0 unspecified atom stereocenters. The molecule has 0 spiro atoms. The summed E-state index contributed by atoms with van der Waals surface area (Å²) >= 11 is 2.07. The van der Waals surface area contributed by atoms with Crippen LogP contribution in [0.15, 0.2) is 66.0 Å². The number of aromatic nitrogens is 3. The molecule has 0 bridgehead atoms. The molecular formula is C20H17IN4O4S. The molecule has 0 amide bonds. The Balaban J connectivity index is 1.81. The van der Waals surface area contributed by atoms with Gasteiger partial charge in [0.15, 0.2) is 5.65 Å². The zero-order valence-electron chi connectivity index (χ0n) is 15.8. The van der Waals surface area contributed by atoms with Crippen LogP contribution in [0.4, 0.5) is 11.5 Å². The number of nitrogens with one attached hydrogen (secondary N) is 1. The van der Waals surface area contributed by atoms with Crippen LogP contribution in [0.5, 0.6) is 5.75 Å². The minimum Gasteiger partial charge on any atom is -0.496 e. The van der Waals surface area contributed by atoms with Crippen molar-refractivity contribution in [3.8, 4) is 5.75 Å². The van der Waals surface area contributed by atoms with Gasteiger partial charge in [0.1, 0.15) is 17.9 Å². The maximum atomic E-state index is 13.1. The molecule has 0 aliphatic carbocycles. The summed E-state index contributed by atoms with van der Waals surface area (Å²) in [6.07, 6.45) is 2.84. The number of nitrogens with zero attached hydrogens (tertiary/aromatic N) is 3. The first-order chi connectivity index (χ1) is 14.5. The minimum atomic E-state index is -3.81. The second-order valence-electron chi connectivity index (χ2n) is 6.32. The van der Waals surface area contributed by atoms with Crippen molar-refractivity contribution in [3.05, 3.63) is 70.2 Å². The van der Waals surface area contributed by atoms with Crippen LogP contribution in [0.1, 0.15) is 5.56 Å². The average Bonchev–Trinajstić information content (AvgIpc) is 3.12. The molecule has 154 valence electrons. The number of hydrogen-bond acceptors (Lipinski definition) is 7. The standard InChI is InChI=1S/C20H17IN4O4S/c1-29-17-8-7-14(9-13(17)11-26)24-19-18-16(21)10-25(20(18)23-12-22-19)30(27,28)15-5-3-2-4-6-15/h2-10,12,26H,11H2,1H3,(H,22,23,24). The lowest BCUT2D eigenvalue weighted by molar-refractivity contribution is 0.274. The molecule has 2 aromatic heterocycles. The highest BCUT2D eigenvalue weighted by Crippen LogP contribution is 2.32. The van der Waals surface area contributed by atoms with Crippen molar-refractivity contribution in [2.75, 3.05) is 12.4 Å². The Bertz CT molecular complexity index is 1320. The lowest BCUT2D eigenvalue weighted by Gasteiger charge is -2.11. The molecule has 0 saturated heterocycles. The predicted molar refractivity (Wildman–Crippen MR) is 121 cm³/mol. The van der Waals surface area contributed by atoms with Crippen molar-refractivity contribution in [1.29, 1.82) is 0 Å². The zero-order chi connectivity index (χ0) is 21.3. The molecule has 2 heterocycles. The van der Waals surface area contributed by atoms with E-state index in [0.29, 0.717) is 31.8 Å². The third-order valence-corrected chi connectivity index (χ3v) is 7.00. The zero-order valence-corrected chi connectivity index (χ0v) is 18.8. The van der Waals surface area contributed by atoms with Gasteiger partial charge in [-0.05, 0) is 52.9 Å². The van der Waals surface area contributed by atoms with E-state index in [2.05, 4.69) is 37.9 Å². The van der Waals surface area contributed by atoms with Crippen molar-refractivity contribution < 1.29 is 18.3 Å². The van der Waals surface area contributed by atoms with Crippen molar-refractivity contribution in [3.63, 3.8) is 0 Å². The SMILES string of the molecule is COc1ccc(Nc2ncnc3c2c(I)cn3S(=O)(=O)c2ccccc2)cc1CO. The maximum Gasteiger partial charge on any atom is 0.269 e. The maximum absolute atomic E-state index is 13.1. The van der Waals surface area contributed by atoms with Gasteiger partial charge < -0.3 is 15.2 Å². The Kier molecular flexibility index (Phi) is 5.62. The summed E-state index contributed by atoms with van der Waals surface area (Å²) in [7, 11) is -2.27. The highest BCUT2D eigenvalue weighted by atomic mass is 127. The Morgan fingerprint density at radius 1 is 1.17 bits per heavy atom. The summed E-state index contributed by atoms with van der Waals surface area (Å²) in [6.45, 7) is -0.179. The number of halogens is 1.